The van der Waals surface area contributed by atoms with Crippen molar-refractivity contribution in [2.24, 2.45) is 0 Å². The lowest BCUT2D eigenvalue weighted by Gasteiger charge is -2.21. The fraction of sp³-hybridized carbons (Fsp3) is 0.692. The first-order chi connectivity index (χ1) is 7.43. The number of aromatic nitrogens is 1. The summed E-state index contributed by atoms with van der Waals surface area (Å²) in [4.78, 5) is 3.68. The fourth-order valence-corrected chi connectivity index (χ4v) is 2.98. The second-order valence-electron chi connectivity index (χ2n) is 4.96. The van der Waals surface area contributed by atoms with Crippen molar-refractivity contribution >= 4 is 0 Å². The predicted octanol–water partition coefficient (Wildman–Crippen LogP) is 2.36. The number of rotatable bonds is 1. The first kappa shape index (κ1) is 9.46. The van der Waals surface area contributed by atoms with Crippen molar-refractivity contribution in [2.75, 3.05) is 13.1 Å². The Kier molecular flexibility index (Phi) is 2.53. The molecule has 0 spiro atoms. The van der Waals surface area contributed by atoms with Crippen LogP contribution in [0, 0.1) is 0 Å². The molecule has 15 heavy (non-hydrogen) atoms. The lowest BCUT2D eigenvalue weighted by Crippen LogP contribution is -2.26. The summed E-state index contributed by atoms with van der Waals surface area (Å²) in [7, 11) is 0. The van der Waals surface area contributed by atoms with Gasteiger partial charge in [0.25, 0.3) is 0 Å². The van der Waals surface area contributed by atoms with Gasteiger partial charge in [-0.15, -0.1) is 0 Å². The van der Waals surface area contributed by atoms with Gasteiger partial charge in [0.1, 0.15) is 0 Å². The molecule has 0 saturated carbocycles. The maximum absolute atomic E-state index is 3.68. The topological polar surface area (TPSA) is 27.8 Å². The van der Waals surface area contributed by atoms with Crippen molar-refractivity contribution in [1.29, 1.82) is 0 Å². The quantitative estimate of drug-likeness (QED) is 0.722. The number of nitrogens with one attached hydrogen (secondary N) is 2. The van der Waals surface area contributed by atoms with Crippen LogP contribution in [0.3, 0.4) is 0 Å². The molecule has 82 valence electrons. The van der Waals surface area contributed by atoms with Gasteiger partial charge in [0.15, 0.2) is 0 Å². The molecule has 2 aliphatic rings. The highest BCUT2D eigenvalue weighted by atomic mass is 14.9. The van der Waals surface area contributed by atoms with Crippen LogP contribution in [0.15, 0.2) is 6.07 Å². The van der Waals surface area contributed by atoms with Crippen LogP contribution in [0.4, 0.5) is 0 Å². The van der Waals surface area contributed by atoms with Gasteiger partial charge < -0.3 is 10.3 Å². The Morgan fingerprint density at radius 2 is 1.87 bits per heavy atom. The second kappa shape index (κ2) is 4.01. The molecule has 0 aromatic carbocycles. The van der Waals surface area contributed by atoms with Crippen LogP contribution in [0.25, 0.3) is 0 Å². The molecule has 2 heterocycles. The highest BCUT2D eigenvalue weighted by Crippen LogP contribution is 2.29. The number of aryl methyl sites for hydroxylation is 2. The van der Waals surface area contributed by atoms with E-state index in [-0.39, 0.29) is 0 Å². The van der Waals surface area contributed by atoms with Gasteiger partial charge in [-0.05, 0) is 63.2 Å². The average molecular weight is 204 g/mol. The van der Waals surface area contributed by atoms with Gasteiger partial charge in [-0.2, -0.15) is 0 Å². The van der Waals surface area contributed by atoms with Gasteiger partial charge in [0.05, 0.1) is 0 Å². The third-order valence-corrected chi connectivity index (χ3v) is 3.91. The molecule has 1 aromatic heterocycles. The van der Waals surface area contributed by atoms with Crippen LogP contribution in [0.2, 0.25) is 0 Å². The normalized spacial score (nSPS) is 22.7. The number of fused-ring (bicyclic) bond motifs is 1. The zero-order valence-electron chi connectivity index (χ0n) is 9.31. The van der Waals surface area contributed by atoms with E-state index in [0.717, 1.165) is 5.92 Å². The Labute approximate surface area is 91.5 Å². The number of hydrogen-bond acceptors (Lipinski definition) is 1. The summed E-state index contributed by atoms with van der Waals surface area (Å²) in [6, 6.07) is 2.45. The zero-order chi connectivity index (χ0) is 10.1. The maximum Gasteiger partial charge on any atom is 0.0184 e. The highest BCUT2D eigenvalue weighted by molar-refractivity contribution is 5.30. The summed E-state index contributed by atoms with van der Waals surface area (Å²) >= 11 is 0. The third kappa shape index (κ3) is 1.83. The summed E-state index contributed by atoms with van der Waals surface area (Å²) in [5.41, 5.74) is 4.66. The molecule has 3 rings (SSSR count). The van der Waals surface area contributed by atoms with E-state index in [4.69, 9.17) is 0 Å². The SMILES string of the molecule is c1c(C2CCNCC2)[nH]c2c1CCCC2. The van der Waals surface area contributed by atoms with Gasteiger partial charge in [0.2, 0.25) is 0 Å². The lowest BCUT2D eigenvalue weighted by molar-refractivity contribution is 0.454. The van der Waals surface area contributed by atoms with Crippen LogP contribution in [-0.2, 0) is 12.8 Å². The number of hydrogen-bond donors (Lipinski definition) is 2. The molecule has 1 aliphatic carbocycles. The molecule has 2 nitrogen and oxygen atoms in total. The highest BCUT2D eigenvalue weighted by Gasteiger charge is 2.19. The summed E-state index contributed by atoms with van der Waals surface area (Å²) in [6.07, 6.45) is 7.95. The standard InChI is InChI=1S/C13H20N2/c1-2-4-12-11(3-1)9-13(15-12)10-5-7-14-8-6-10/h9-10,14-15H,1-8H2. The van der Waals surface area contributed by atoms with Crippen molar-refractivity contribution in [3.05, 3.63) is 23.0 Å². The van der Waals surface area contributed by atoms with Crippen molar-refractivity contribution in [3.8, 4) is 0 Å². The summed E-state index contributed by atoms with van der Waals surface area (Å²) in [5, 5.41) is 3.43. The van der Waals surface area contributed by atoms with E-state index < -0.39 is 0 Å². The Morgan fingerprint density at radius 3 is 2.67 bits per heavy atom. The number of piperidine rings is 1. The minimum atomic E-state index is 0.789. The van der Waals surface area contributed by atoms with Crippen LogP contribution in [0.5, 0.6) is 0 Å². The zero-order valence-corrected chi connectivity index (χ0v) is 9.31. The monoisotopic (exact) mass is 204 g/mol. The fourth-order valence-electron chi connectivity index (χ4n) is 2.98. The first-order valence-corrected chi connectivity index (χ1v) is 6.35. The van der Waals surface area contributed by atoms with E-state index in [0.29, 0.717) is 0 Å². The van der Waals surface area contributed by atoms with Crippen LogP contribution in [0.1, 0.15) is 48.6 Å². The molecular weight excluding hydrogens is 184 g/mol. The Balaban J connectivity index is 1.82. The number of aromatic amines is 1. The minimum absolute atomic E-state index is 0.789. The molecule has 0 amide bonds. The summed E-state index contributed by atoms with van der Waals surface area (Å²) in [5.74, 6) is 0.789. The Hall–Kier alpha value is -0.760. The van der Waals surface area contributed by atoms with Gasteiger partial charge in [-0.25, -0.2) is 0 Å². The van der Waals surface area contributed by atoms with E-state index >= 15 is 0 Å². The first-order valence-electron chi connectivity index (χ1n) is 6.35. The van der Waals surface area contributed by atoms with Crippen molar-refractivity contribution in [3.63, 3.8) is 0 Å². The molecule has 1 fully saturated rings. The van der Waals surface area contributed by atoms with Crippen molar-refractivity contribution in [2.45, 2.75) is 44.4 Å². The van der Waals surface area contributed by atoms with Crippen molar-refractivity contribution < 1.29 is 0 Å². The summed E-state index contributed by atoms with van der Waals surface area (Å²) < 4.78 is 0. The van der Waals surface area contributed by atoms with Gasteiger partial charge in [-0.3, -0.25) is 0 Å². The third-order valence-electron chi connectivity index (χ3n) is 3.91. The largest absolute Gasteiger partial charge is 0.362 e. The molecule has 0 unspecified atom stereocenters. The Bertz CT molecular complexity index is 311. The molecule has 0 bridgehead atoms. The molecule has 1 aliphatic heterocycles. The van der Waals surface area contributed by atoms with E-state index in [2.05, 4.69) is 16.4 Å². The number of H-pyrrole nitrogens is 1. The molecule has 0 atom stereocenters. The van der Waals surface area contributed by atoms with E-state index in [9.17, 15) is 0 Å². The molecule has 0 radical (unpaired) electrons. The molecule has 1 saturated heterocycles. The van der Waals surface area contributed by atoms with Crippen LogP contribution < -0.4 is 5.32 Å². The molecule has 2 heteroatoms. The van der Waals surface area contributed by atoms with Crippen molar-refractivity contribution in [1.82, 2.24) is 10.3 Å². The molecule has 2 N–H and O–H groups in total. The summed E-state index contributed by atoms with van der Waals surface area (Å²) in [6.45, 7) is 2.38. The minimum Gasteiger partial charge on any atom is -0.362 e. The maximum atomic E-state index is 3.68. The van der Waals surface area contributed by atoms with Gasteiger partial charge in [0, 0.05) is 17.3 Å². The molecular formula is C13H20N2. The van der Waals surface area contributed by atoms with Crippen LogP contribution >= 0.6 is 0 Å². The second-order valence-corrected chi connectivity index (χ2v) is 4.96. The molecule has 1 aromatic rings. The van der Waals surface area contributed by atoms with E-state index in [1.165, 1.54) is 63.0 Å². The van der Waals surface area contributed by atoms with E-state index in [1.807, 2.05) is 0 Å². The van der Waals surface area contributed by atoms with Gasteiger partial charge in [-0.1, -0.05) is 0 Å². The predicted molar refractivity (Wildman–Crippen MR) is 62.3 cm³/mol. The van der Waals surface area contributed by atoms with Gasteiger partial charge >= 0.3 is 0 Å². The van der Waals surface area contributed by atoms with Crippen LogP contribution in [-0.4, -0.2) is 18.1 Å². The average Bonchev–Trinajstić information content (AvgIpc) is 2.74. The van der Waals surface area contributed by atoms with E-state index in [1.54, 1.807) is 5.56 Å². The lowest BCUT2D eigenvalue weighted by atomic mass is 9.93. The Morgan fingerprint density at radius 1 is 1.07 bits per heavy atom. The smallest absolute Gasteiger partial charge is 0.0184 e.